The van der Waals surface area contributed by atoms with Gasteiger partial charge in [-0.2, -0.15) is 5.26 Å². The number of benzene rings is 1. The molecule has 2 N–H and O–H groups in total. The molecule has 0 bridgehead atoms. The van der Waals surface area contributed by atoms with Crippen LogP contribution in [0.4, 0.5) is 0 Å². The van der Waals surface area contributed by atoms with Crippen LogP contribution in [0.2, 0.25) is 0 Å². The summed E-state index contributed by atoms with van der Waals surface area (Å²) in [6.45, 7) is 0. The molecular weight excluding hydrogens is 194 g/mol. The molecule has 0 radical (unpaired) electrons. The lowest BCUT2D eigenvalue weighted by Crippen LogP contribution is -1.98. The van der Waals surface area contributed by atoms with Crippen LogP contribution in [0.5, 0.6) is 0 Å². The molecule has 0 amide bonds. The molecule has 0 unspecified atom stereocenters. The molecule has 0 atom stereocenters. The Balaban J connectivity index is 2.65. The molecule has 2 aromatic rings. The highest BCUT2D eigenvalue weighted by Crippen LogP contribution is 2.16. The zero-order valence-electron chi connectivity index (χ0n) is 7.69. The van der Waals surface area contributed by atoms with Gasteiger partial charge in [-0.15, -0.1) is 0 Å². The van der Waals surface area contributed by atoms with Crippen LogP contribution in [0, 0.1) is 11.3 Å². The number of nitriles is 1. The Morgan fingerprint density at radius 3 is 3.07 bits per heavy atom. The van der Waals surface area contributed by atoms with E-state index in [0.29, 0.717) is 11.0 Å². The summed E-state index contributed by atoms with van der Waals surface area (Å²) in [7, 11) is 0. The monoisotopic (exact) mass is 201 g/mol. The lowest BCUT2D eigenvalue weighted by Gasteiger charge is -1.93. The van der Waals surface area contributed by atoms with Crippen LogP contribution in [-0.2, 0) is 6.42 Å². The maximum Gasteiger partial charge on any atom is 0.371 e. The minimum Gasteiger partial charge on any atom is -0.475 e. The number of carboxylic acid groups (broad SMARTS) is 1. The van der Waals surface area contributed by atoms with Crippen molar-refractivity contribution in [1.82, 2.24) is 9.97 Å². The van der Waals surface area contributed by atoms with Gasteiger partial charge in [0.2, 0.25) is 5.82 Å². The first kappa shape index (κ1) is 9.21. The maximum atomic E-state index is 10.7. The molecule has 0 saturated heterocycles. The van der Waals surface area contributed by atoms with Crippen LogP contribution in [0.15, 0.2) is 18.2 Å². The molecule has 1 aromatic heterocycles. The number of aromatic amines is 1. The van der Waals surface area contributed by atoms with Gasteiger partial charge in [0.1, 0.15) is 0 Å². The number of fused-ring (bicyclic) bond motifs is 1. The fraction of sp³-hybridized carbons (Fsp3) is 0.100. The van der Waals surface area contributed by atoms with Gasteiger partial charge in [0, 0.05) is 0 Å². The third-order valence-electron chi connectivity index (χ3n) is 2.07. The Labute approximate surface area is 85.0 Å². The van der Waals surface area contributed by atoms with E-state index in [-0.39, 0.29) is 12.2 Å². The molecule has 1 aromatic carbocycles. The number of aromatic nitrogens is 2. The van der Waals surface area contributed by atoms with Crippen LogP contribution in [-0.4, -0.2) is 21.0 Å². The standard InChI is InChI=1S/C10H7N3O2/c11-5-4-6-2-1-3-7-8(6)13-9(12-7)10(14)15/h1-3H,4H2,(H,12,13)(H,14,15). The predicted octanol–water partition coefficient (Wildman–Crippen LogP) is 1.33. The predicted molar refractivity (Wildman–Crippen MR) is 52.4 cm³/mol. The van der Waals surface area contributed by atoms with E-state index >= 15 is 0 Å². The van der Waals surface area contributed by atoms with Crippen molar-refractivity contribution in [3.63, 3.8) is 0 Å². The van der Waals surface area contributed by atoms with Gasteiger partial charge < -0.3 is 10.1 Å². The van der Waals surface area contributed by atoms with Gasteiger partial charge >= 0.3 is 5.97 Å². The number of para-hydroxylation sites is 1. The largest absolute Gasteiger partial charge is 0.475 e. The molecule has 2 rings (SSSR count). The molecule has 0 saturated carbocycles. The summed E-state index contributed by atoms with van der Waals surface area (Å²) < 4.78 is 0. The van der Waals surface area contributed by atoms with Crippen molar-refractivity contribution in [2.45, 2.75) is 6.42 Å². The van der Waals surface area contributed by atoms with E-state index in [1.807, 2.05) is 6.07 Å². The van der Waals surface area contributed by atoms with E-state index in [2.05, 4.69) is 9.97 Å². The molecule has 0 fully saturated rings. The van der Waals surface area contributed by atoms with E-state index in [9.17, 15) is 4.79 Å². The average Bonchev–Trinajstić information content (AvgIpc) is 2.63. The quantitative estimate of drug-likeness (QED) is 0.766. The first-order valence-corrected chi connectivity index (χ1v) is 4.30. The number of hydrogen-bond donors (Lipinski definition) is 2. The summed E-state index contributed by atoms with van der Waals surface area (Å²) >= 11 is 0. The number of imidazole rings is 1. The van der Waals surface area contributed by atoms with Crippen molar-refractivity contribution in [2.24, 2.45) is 0 Å². The molecule has 5 nitrogen and oxygen atoms in total. The zero-order valence-corrected chi connectivity index (χ0v) is 7.69. The van der Waals surface area contributed by atoms with Crippen LogP contribution >= 0.6 is 0 Å². The second kappa shape index (κ2) is 3.42. The van der Waals surface area contributed by atoms with Gasteiger partial charge in [-0.05, 0) is 11.6 Å². The van der Waals surface area contributed by atoms with Crippen molar-refractivity contribution in [2.75, 3.05) is 0 Å². The number of nitrogens with zero attached hydrogens (tertiary/aromatic N) is 2. The first-order valence-electron chi connectivity index (χ1n) is 4.30. The number of H-pyrrole nitrogens is 1. The lowest BCUT2D eigenvalue weighted by molar-refractivity contribution is 0.0685. The number of aromatic carboxylic acids is 1. The average molecular weight is 201 g/mol. The minimum atomic E-state index is -1.10. The van der Waals surface area contributed by atoms with E-state index in [0.717, 1.165) is 5.56 Å². The Hall–Kier alpha value is -2.35. The third kappa shape index (κ3) is 1.53. The fourth-order valence-electron chi connectivity index (χ4n) is 1.42. The summed E-state index contributed by atoms with van der Waals surface area (Å²) in [4.78, 5) is 17.3. The van der Waals surface area contributed by atoms with Gasteiger partial charge in [-0.1, -0.05) is 12.1 Å². The van der Waals surface area contributed by atoms with Gasteiger partial charge in [0.15, 0.2) is 0 Å². The van der Waals surface area contributed by atoms with Crippen molar-refractivity contribution < 1.29 is 9.90 Å². The van der Waals surface area contributed by atoms with Gasteiger partial charge in [0.05, 0.1) is 23.5 Å². The van der Waals surface area contributed by atoms with Gasteiger partial charge in [0.25, 0.3) is 0 Å². The van der Waals surface area contributed by atoms with E-state index in [1.54, 1.807) is 18.2 Å². The SMILES string of the molecule is N#CCc1cccc2[nH]c(C(=O)O)nc12. The van der Waals surface area contributed by atoms with Crippen molar-refractivity contribution in [3.05, 3.63) is 29.6 Å². The molecule has 0 aliphatic heterocycles. The number of carbonyl (C=O) groups is 1. The molecule has 1 heterocycles. The summed E-state index contributed by atoms with van der Waals surface area (Å²) in [6.07, 6.45) is 0.223. The van der Waals surface area contributed by atoms with Crippen LogP contribution in [0.1, 0.15) is 16.2 Å². The zero-order chi connectivity index (χ0) is 10.8. The molecule has 0 aliphatic carbocycles. The molecule has 74 valence electrons. The lowest BCUT2D eigenvalue weighted by atomic mass is 10.1. The van der Waals surface area contributed by atoms with Crippen molar-refractivity contribution in [1.29, 1.82) is 5.26 Å². The Kier molecular flexibility index (Phi) is 2.10. The number of nitrogens with one attached hydrogen (secondary N) is 1. The molecule has 5 heteroatoms. The Morgan fingerprint density at radius 1 is 1.60 bits per heavy atom. The Bertz CT molecular complexity index is 566. The van der Waals surface area contributed by atoms with Crippen molar-refractivity contribution >= 4 is 17.0 Å². The summed E-state index contributed by atoms with van der Waals surface area (Å²) in [5, 5.41) is 17.3. The van der Waals surface area contributed by atoms with Crippen LogP contribution < -0.4 is 0 Å². The van der Waals surface area contributed by atoms with E-state index < -0.39 is 5.97 Å². The maximum absolute atomic E-state index is 10.7. The molecule has 15 heavy (non-hydrogen) atoms. The van der Waals surface area contributed by atoms with Gasteiger partial charge in [-0.25, -0.2) is 9.78 Å². The van der Waals surface area contributed by atoms with Crippen molar-refractivity contribution in [3.8, 4) is 6.07 Å². The van der Waals surface area contributed by atoms with Crippen LogP contribution in [0.3, 0.4) is 0 Å². The fourth-order valence-corrected chi connectivity index (χ4v) is 1.42. The number of carboxylic acids is 1. The number of rotatable bonds is 2. The summed E-state index contributed by atoms with van der Waals surface area (Å²) in [5.41, 5.74) is 1.93. The third-order valence-corrected chi connectivity index (χ3v) is 2.07. The Morgan fingerprint density at radius 2 is 2.40 bits per heavy atom. The first-order chi connectivity index (χ1) is 7.22. The highest BCUT2D eigenvalue weighted by molar-refractivity contribution is 5.90. The normalized spacial score (nSPS) is 10.1. The second-order valence-corrected chi connectivity index (χ2v) is 3.04. The second-order valence-electron chi connectivity index (χ2n) is 3.04. The highest BCUT2D eigenvalue weighted by Gasteiger charge is 2.11. The summed E-state index contributed by atoms with van der Waals surface area (Å²) in [6, 6.07) is 7.27. The smallest absolute Gasteiger partial charge is 0.371 e. The molecule has 0 spiro atoms. The van der Waals surface area contributed by atoms with E-state index in [4.69, 9.17) is 10.4 Å². The van der Waals surface area contributed by atoms with Gasteiger partial charge in [-0.3, -0.25) is 0 Å². The highest BCUT2D eigenvalue weighted by atomic mass is 16.4. The topological polar surface area (TPSA) is 89.8 Å². The molecular formula is C10H7N3O2. The number of hydrogen-bond acceptors (Lipinski definition) is 3. The van der Waals surface area contributed by atoms with E-state index in [1.165, 1.54) is 0 Å². The molecule has 0 aliphatic rings. The summed E-state index contributed by atoms with van der Waals surface area (Å²) in [5.74, 6) is -1.20. The van der Waals surface area contributed by atoms with Crippen LogP contribution in [0.25, 0.3) is 11.0 Å². The minimum absolute atomic E-state index is 0.101.